The van der Waals surface area contributed by atoms with Gasteiger partial charge in [0.25, 0.3) is 0 Å². The van der Waals surface area contributed by atoms with Crippen LogP contribution in [0.15, 0.2) is 18.2 Å². The maximum Gasteiger partial charge on any atom is 0.414 e. The van der Waals surface area contributed by atoms with Crippen LogP contribution in [0.1, 0.15) is 12.0 Å². The van der Waals surface area contributed by atoms with Gasteiger partial charge in [-0.05, 0) is 30.2 Å². The summed E-state index contributed by atoms with van der Waals surface area (Å²) in [5, 5.41) is 0. The third-order valence-corrected chi connectivity index (χ3v) is 4.77. The molecule has 1 aromatic rings. The smallest absolute Gasteiger partial charge is 0.414 e. The average Bonchev–Trinajstić information content (AvgIpc) is 2.81. The number of methoxy groups -OCH3 is 1. The van der Waals surface area contributed by atoms with Gasteiger partial charge in [0, 0.05) is 13.1 Å². The van der Waals surface area contributed by atoms with Crippen LogP contribution in [0.4, 0.5) is 10.5 Å². The maximum atomic E-state index is 12.1. The summed E-state index contributed by atoms with van der Waals surface area (Å²) < 4.78 is 16.0. The van der Waals surface area contributed by atoms with Crippen molar-refractivity contribution in [2.45, 2.75) is 25.0 Å². The number of anilines is 1. The van der Waals surface area contributed by atoms with E-state index >= 15 is 0 Å². The van der Waals surface area contributed by atoms with Crippen LogP contribution in [-0.2, 0) is 16.0 Å². The molecule has 0 aromatic heterocycles. The molecule has 1 amide bonds. The highest BCUT2D eigenvalue weighted by Crippen LogP contribution is 2.34. The van der Waals surface area contributed by atoms with Crippen molar-refractivity contribution >= 4 is 11.8 Å². The Kier molecular flexibility index (Phi) is 3.43. The largest absolute Gasteiger partial charge is 0.497 e. The van der Waals surface area contributed by atoms with Crippen LogP contribution in [0.2, 0.25) is 0 Å². The summed E-state index contributed by atoms with van der Waals surface area (Å²) in [7, 11) is 1.66. The molecule has 0 aliphatic carbocycles. The first-order valence-electron chi connectivity index (χ1n) is 7.71. The number of rotatable bonds is 2. The Morgan fingerprint density at radius 3 is 2.82 bits per heavy atom. The lowest BCUT2D eigenvalue weighted by atomic mass is 10.0. The molecule has 1 unspecified atom stereocenters. The molecule has 2 fully saturated rings. The van der Waals surface area contributed by atoms with Crippen molar-refractivity contribution in [1.82, 2.24) is 4.90 Å². The van der Waals surface area contributed by atoms with Gasteiger partial charge in [-0.25, -0.2) is 4.79 Å². The molecular weight excluding hydrogens is 284 g/mol. The van der Waals surface area contributed by atoms with Crippen LogP contribution in [0.5, 0.6) is 5.75 Å². The van der Waals surface area contributed by atoms with Crippen LogP contribution in [-0.4, -0.2) is 56.6 Å². The number of benzene rings is 1. The van der Waals surface area contributed by atoms with Crippen molar-refractivity contribution in [1.29, 1.82) is 0 Å². The molecule has 3 aliphatic rings. The van der Waals surface area contributed by atoms with Crippen molar-refractivity contribution < 1.29 is 19.0 Å². The van der Waals surface area contributed by atoms with E-state index in [1.165, 1.54) is 0 Å². The fourth-order valence-electron chi connectivity index (χ4n) is 3.38. The number of carbonyl (C=O) groups excluding carboxylic acids is 1. The zero-order valence-electron chi connectivity index (χ0n) is 12.7. The number of hydrogen-bond acceptors (Lipinski definition) is 5. The van der Waals surface area contributed by atoms with Crippen molar-refractivity contribution in [3.05, 3.63) is 23.8 Å². The van der Waals surface area contributed by atoms with Crippen LogP contribution in [0.25, 0.3) is 0 Å². The Morgan fingerprint density at radius 2 is 2.09 bits per heavy atom. The predicted octanol–water partition coefficient (Wildman–Crippen LogP) is 1.62. The minimum Gasteiger partial charge on any atom is -0.497 e. The predicted molar refractivity (Wildman–Crippen MR) is 80.2 cm³/mol. The number of amides is 1. The van der Waals surface area contributed by atoms with Crippen LogP contribution in [0, 0.1) is 0 Å². The Bertz CT molecular complexity index is 588. The Balaban J connectivity index is 1.73. The fourth-order valence-corrected chi connectivity index (χ4v) is 3.38. The molecule has 3 heterocycles. The number of hydrogen-bond donors (Lipinski definition) is 0. The summed E-state index contributed by atoms with van der Waals surface area (Å²) in [4.78, 5) is 16.4. The summed E-state index contributed by atoms with van der Waals surface area (Å²) in [6.07, 6.45) is 0.685. The van der Waals surface area contributed by atoms with E-state index in [0.717, 1.165) is 49.7 Å². The van der Waals surface area contributed by atoms with Gasteiger partial charge in [-0.3, -0.25) is 9.80 Å². The third kappa shape index (κ3) is 2.23. The third-order valence-electron chi connectivity index (χ3n) is 4.77. The lowest BCUT2D eigenvalue weighted by molar-refractivity contribution is -0.0689. The fraction of sp³-hybridized carbons (Fsp3) is 0.562. The SMILES string of the molecule is COc1ccc2c(c1)CN(C1COC1)CCC1COC(=O)N21. The minimum atomic E-state index is -0.239. The number of carbonyl (C=O) groups is 1. The van der Waals surface area contributed by atoms with Gasteiger partial charge in [0.05, 0.1) is 38.1 Å². The molecule has 1 aromatic carbocycles. The van der Waals surface area contributed by atoms with Gasteiger partial charge in [-0.2, -0.15) is 0 Å². The second-order valence-corrected chi connectivity index (χ2v) is 6.05. The molecule has 118 valence electrons. The molecule has 0 saturated carbocycles. The van der Waals surface area contributed by atoms with Gasteiger partial charge in [0.1, 0.15) is 12.4 Å². The van der Waals surface area contributed by atoms with Crippen LogP contribution in [0.3, 0.4) is 0 Å². The highest BCUT2D eigenvalue weighted by atomic mass is 16.6. The summed E-state index contributed by atoms with van der Waals surface area (Å²) in [5.41, 5.74) is 2.05. The molecule has 3 aliphatic heterocycles. The van der Waals surface area contributed by atoms with Crippen molar-refractivity contribution in [3.63, 3.8) is 0 Å². The first-order chi connectivity index (χ1) is 10.8. The van der Waals surface area contributed by atoms with E-state index < -0.39 is 0 Å². The van der Waals surface area contributed by atoms with Gasteiger partial charge >= 0.3 is 6.09 Å². The van der Waals surface area contributed by atoms with E-state index in [0.29, 0.717) is 12.6 Å². The quantitative estimate of drug-likeness (QED) is 0.831. The summed E-state index contributed by atoms with van der Waals surface area (Å²) in [5.74, 6) is 0.813. The topological polar surface area (TPSA) is 51.2 Å². The van der Waals surface area contributed by atoms with Gasteiger partial charge in [0.15, 0.2) is 0 Å². The Hall–Kier alpha value is -1.79. The molecule has 0 radical (unpaired) electrons. The second-order valence-electron chi connectivity index (χ2n) is 6.05. The van der Waals surface area contributed by atoms with Gasteiger partial charge in [0.2, 0.25) is 0 Å². The van der Waals surface area contributed by atoms with Gasteiger partial charge in [-0.1, -0.05) is 0 Å². The maximum absolute atomic E-state index is 12.1. The van der Waals surface area contributed by atoms with E-state index in [4.69, 9.17) is 14.2 Å². The van der Waals surface area contributed by atoms with Crippen molar-refractivity contribution in [3.8, 4) is 5.75 Å². The molecule has 6 nitrogen and oxygen atoms in total. The molecule has 6 heteroatoms. The summed E-state index contributed by atoms with van der Waals surface area (Å²) >= 11 is 0. The monoisotopic (exact) mass is 304 g/mol. The van der Waals surface area contributed by atoms with Crippen molar-refractivity contribution in [2.75, 3.05) is 38.4 Å². The molecule has 0 N–H and O–H groups in total. The zero-order valence-corrected chi connectivity index (χ0v) is 12.7. The van der Waals surface area contributed by atoms with E-state index in [9.17, 15) is 4.79 Å². The number of ether oxygens (including phenoxy) is 3. The second kappa shape index (κ2) is 5.44. The Labute approximate surface area is 129 Å². The number of fused-ring (bicyclic) bond motifs is 3. The molecule has 4 rings (SSSR count). The van der Waals surface area contributed by atoms with E-state index in [2.05, 4.69) is 4.90 Å². The molecule has 1 atom stereocenters. The molecule has 2 saturated heterocycles. The normalized spacial score (nSPS) is 25.6. The summed E-state index contributed by atoms with van der Waals surface area (Å²) in [6.45, 7) is 3.81. The lowest BCUT2D eigenvalue weighted by Crippen LogP contribution is -2.51. The highest BCUT2D eigenvalue weighted by Gasteiger charge is 2.38. The van der Waals surface area contributed by atoms with Crippen molar-refractivity contribution in [2.24, 2.45) is 0 Å². The number of cyclic esters (lactones) is 1. The Morgan fingerprint density at radius 1 is 1.23 bits per heavy atom. The van der Waals surface area contributed by atoms with Gasteiger partial charge < -0.3 is 14.2 Å². The van der Waals surface area contributed by atoms with E-state index in [1.807, 2.05) is 23.1 Å². The first kappa shape index (κ1) is 13.8. The zero-order chi connectivity index (χ0) is 15.1. The van der Waals surface area contributed by atoms with Gasteiger partial charge in [-0.15, -0.1) is 0 Å². The molecule has 22 heavy (non-hydrogen) atoms. The lowest BCUT2D eigenvalue weighted by Gasteiger charge is -2.40. The highest BCUT2D eigenvalue weighted by molar-refractivity contribution is 5.91. The molecular formula is C16H20N2O4. The molecule has 0 bridgehead atoms. The van der Waals surface area contributed by atoms with E-state index in [1.54, 1.807) is 7.11 Å². The first-order valence-corrected chi connectivity index (χ1v) is 7.71. The molecule has 0 spiro atoms. The number of nitrogens with zero attached hydrogens (tertiary/aromatic N) is 2. The van der Waals surface area contributed by atoms with E-state index in [-0.39, 0.29) is 12.1 Å². The summed E-state index contributed by atoms with van der Waals surface area (Å²) in [6, 6.07) is 6.48. The van der Waals surface area contributed by atoms with Crippen LogP contribution >= 0.6 is 0 Å². The minimum absolute atomic E-state index is 0.114. The van der Waals surface area contributed by atoms with Crippen LogP contribution < -0.4 is 9.64 Å². The average molecular weight is 304 g/mol. The standard InChI is InChI=1S/C16H20N2O4/c1-20-14-2-3-15-11(6-14)7-17(13-8-21-9-13)5-4-12-10-22-16(19)18(12)15/h2-3,6,12-13H,4-5,7-10H2,1H3.